The summed E-state index contributed by atoms with van der Waals surface area (Å²) in [6.45, 7) is -2.93. The van der Waals surface area contributed by atoms with E-state index < -0.39 is 89.5 Å². The van der Waals surface area contributed by atoms with Gasteiger partial charge >= 0.3 is 23.9 Å². The van der Waals surface area contributed by atoms with Gasteiger partial charge in [-0.25, -0.2) is 19.2 Å². The molecule has 25 nitrogen and oxygen atoms in total. The molecule has 0 amide bonds. The SMILES string of the molecule is O=C(OC[C@H]1O[C@@H](OCc2ccccc2[N+](=O)[O-])[C@@H]2OC(=O)c3cc(OCc4ccccc4)c(OCc4ccccc4)c(OCc4ccccc4)c3-c3c(cc(OCc4ccccc4)c(OCc4ccccc4)c3OCc3ccccc3)C(=O)O[C@H]2[C@@H]1OC(=O)c1cc(OCc2ccccc2)c(OCc2ccccc2)c(OCc2ccccc2)c1)c1cc(OCc2ccccc2)c(OCc2ccccc2)c(OCc2ccccc2)c1. The summed E-state index contributed by atoms with van der Waals surface area (Å²) in [5.41, 5.74) is 6.45. The number of esters is 4. The summed E-state index contributed by atoms with van der Waals surface area (Å²) in [6, 6.07) is 126. The molecule has 19 rings (SSSR count). The molecule has 25 heteroatoms. The van der Waals surface area contributed by atoms with Gasteiger partial charge in [-0.1, -0.05) is 376 Å². The lowest BCUT2D eigenvalue weighted by molar-refractivity contribution is -0.386. The van der Waals surface area contributed by atoms with Gasteiger partial charge in [0.1, 0.15) is 92.0 Å². The standard InChI is InChI=1S/C125H103NO24/c127-121(98-65-103(133-71-85-39-13-1-14-40-85)112(139-77-91-51-25-7-26-52-91)104(66-98)134-72-86-41-15-2-16-42-86)145-84-109-116(148-122(128)99-67-105(135-73-87-43-17-3-18-44-87)113(140-78-92-53-27-8-28-54-92)106(68-99)136-74-88-45-19-4-20-46-88)119-120(125(147-109)146-83-97-63-37-38-64-102(97)126(131)132)150-124(130)101-70-108(138-76-90-49-23-6-24-50-90)115(142-80-94-57-31-10-32-58-94)118(144-82-96-61-35-12-36-62-96)111(101)110-100(123(129)149-119)69-107(137-75-89-47-21-5-22-48-89)114(141-79-93-55-29-9-30-56-93)117(110)143-81-95-59-33-11-34-60-95/h1-70,109,116,119-120,125H,71-84H2/t109-,116-,119+,120-,125-/m1/s1. The van der Waals surface area contributed by atoms with E-state index in [1.807, 2.05) is 364 Å². The van der Waals surface area contributed by atoms with Crippen molar-refractivity contribution in [3.63, 3.8) is 0 Å². The fraction of sp³-hybridized carbons (Fsp3) is 0.152. The predicted octanol–water partition coefficient (Wildman–Crippen LogP) is 25.3. The largest absolute Gasteiger partial charge is 0.485 e. The van der Waals surface area contributed by atoms with Crippen LogP contribution in [0, 0.1) is 10.1 Å². The van der Waals surface area contributed by atoms with Crippen molar-refractivity contribution < 1.29 is 109 Å². The van der Waals surface area contributed by atoms with Gasteiger partial charge < -0.3 is 85.3 Å². The first-order chi connectivity index (χ1) is 73.8. The zero-order valence-electron chi connectivity index (χ0n) is 81.4. The highest BCUT2D eigenvalue weighted by Crippen LogP contribution is 2.57. The van der Waals surface area contributed by atoms with Gasteiger partial charge in [-0.3, -0.25) is 10.1 Å². The molecule has 2 aliphatic heterocycles. The maximum atomic E-state index is 18.0. The first-order valence-corrected chi connectivity index (χ1v) is 48.9. The molecule has 0 bridgehead atoms. The van der Waals surface area contributed by atoms with Crippen LogP contribution in [0.4, 0.5) is 5.69 Å². The first-order valence-electron chi connectivity index (χ1n) is 48.9. The highest BCUT2D eigenvalue weighted by Gasteiger charge is 2.55. The summed E-state index contributed by atoms with van der Waals surface area (Å²) < 4.78 is 126. The van der Waals surface area contributed by atoms with Gasteiger partial charge in [-0.2, -0.15) is 0 Å². The van der Waals surface area contributed by atoms with Gasteiger partial charge in [-0.05, 0) is 109 Å². The number of rotatable bonds is 45. The van der Waals surface area contributed by atoms with Crippen LogP contribution in [0.15, 0.2) is 425 Å². The number of para-hydroxylation sites is 1. The Morgan fingerprint density at radius 3 is 0.793 bits per heavy atom. The molecule has 0 aliphatic carbocycles. The number of nitro groups is 1. The topological polar surface area (TPSA) is 278 Å². The van der Waals surface area contributed by atoms with E-state index in [1.54, 1.807) is 6.07 Å². The zero-order valence-corrected chi connectivity index (χ0v) is 81.4. The minimum absolute atomic E-state index is 0.000364. The van der Waals surface area contributed by atoms with E-state index in [-0.39, 0.29) is 176 Å². The van der Waals surface area contributed by atoms with Crippen LogP contribution in [0.25, 0.3) is 11.1 Å². The average molecular weight is 2000 g/mol. The maximum absolute atomic E-state index is 18.0. The van der Waals surface area contributed by atoms with Gasteiger partial charge in [-0.15, -0.1) is 0 Å². The number of benzene rings is 17. The number of hydrogen-bond donors (Lipinski definition) is 0. The molecular formula is C125H103NO24. The monoisotopic (exact) mass is 2000 g/mol. The summed E-state index contributed by atoms with van der Waals surface area (Å²) >= 11 is 0. The van der Waals surface area contributed by atoms with Crippen LogP contribution in [0.1, 0.15) is 114 Å². The Kier molecular flexibility index (Phi) is 33.3. The molecule has 0 unspecified atom stereocenters. The van der Waals surface area contributed by atoms with E-state index in [1.165, 1.54) is 54.6 Å². The van der Waals surface area contributed by atoms with E-state index in [0.29, 0.717) is 33.4 Å². The van der Waals surface area contributed by atoms with Crippen molar-refractivity contribution >= 4 is 29.6 Å². The predicted molar refractivity (Wildman–Crippen MR) is 558 cm³/mol. The number of nitrogens with zero attached hydrogens (tertiary/aromatic N) is 1. The third kappa shape index (κ3) is 26.1. The quantitative estimate of drug-likeness (QED) is 0.0148. The molecule has 752 valence electrons. The summed E-state index contributed by atoms with van der Waals surface area (Å²) in [7, 11) is 0. The highest BCUT2D eigenvalue weighted by atomic mass is 16.7. The summed E-state index contributed by atoms with van der Waals surface area (Å²) in [6.07, 6.45) is -10.7. The second kappa shape index (κ2) is 49.9. The van der Waals surface area contributed by atoms with Crippen LogP contribution < -0.4 is 56.8 Å². The van der Waals surface area contributed by atoms with Crippen molar-refractivity contribution in [2.75, 3.05) is 6.61 Å². The van der Waals surface area contributed by atoms with Gasteiger partial charge in [0.15, 0.2) is 70.6 Å². The molecule has 2 heterocycles. The Morgan fingerprint density at radius 2 is 0.507 bits per heavy atom. The van der Waals surface area contributed by atoms with E-state index >= 15 is 19.2 Å². The van der Waals surface area contributed by atoms with E-state index in [2.05, 4.69) is 0 Å². The van der Waals surface area contributed by atoms with Crippen LogP contribution in [-0.2, 0) is 114 Å². The van der Waals surface area contributed by atoms with Crippen LogP contribution >= 0.6 is 0 Å². The number of hydrogen-bond acceptors (Lipinski definition) is 24. The van der Waals surface area contributed by atoms with Crippen LogP contribution in [-0.4, -0.2) is 66.1 Å². The Balaban J connectivity index is 0.840. The molecule has 2 aliphatic rings. The molecule has 5 atom stereocenters. The molecule has 0 spiro atoms. The van der Waals surface area contributed by atoms with Gasteiger partial charge in [0.25, 0.3) is 5.69 Å². The Hall–Kier alpha value is -18.5. The summed E-state index contributed by atoms with van der Waals surface area (Å²) in [5, 5.41) is 13.3. The Morgan fingerprint density at radius 1 is 0.267 bits per heavy atom. The minimum atomic E-state index is -2.24. The summed E-state index contributed by atoms with van der Waals surface area (Å²) in [5.74, 6) is -5.23. The first kappa shape index (κ1) is 100. The fourth-order valence-electron chi connectivity index (χ4n) is 17.0. The minimum Gasteiger partial charge on any atom is -0.485 e. The number of fused-ring (bicyclic) bond motifs is 4. The van der Waals surface area contributed by atoms with E-state index in [4.69, 9.17) is 85.3 Å². The van der Waals surface area contributed by atoms with Gasteiger partial charge in [0.2, 0.25) is 23.0 Å². The second-order valence-corrected chi connectivity index (χ2v) is 35.3. The lowest BCUT2D eigenvalue weighted by Gasteiger charge is -2.44. The third-order valence-corrected chi connectivity index (χ3v) is 24.7. The van der Waals surface area contributed by atoms with E-state index in [0.717, 1.165) is 33.4 Å². The molecule has 17 aromatic rings. The normalized spacial score (nSPS) is 14.4. The smallest absolute Gasteiger partial charge is 0.339 e. The van der Waals surface area contributed by atoms with Crippen LogP contribution in [0.3, 0.4) is 0 Å². The lowest BCUT2D eigenvalue weighted by Crippen LogP contribution is -2.63. The Labute approximate surface area is 866 Å². The number of ether oxygens (including phenoxy) is 18. The van der Waals surface area contributed by atoms with Gasteiger partial charge in [0, 0.05) is 17.2 Å². The molecule has 0 saturated carbocycles. The fourth-order valence-corrected chi connectivity index (χ4v) is 17.0. The van der Waals surface area contributed by atoms with Gasteiger partial charge in [0.05, 0.1) is 39.3 Å². The van der Waals surface area contributed by atoms with Crippen molar-refractivity contribution in [3.05, 3.63) is 529 Å². The molecule has 0 N–H and O–H groups in total. The van der Waals surface area contributed by atoms with Crippen LogP contribution in [0.5, 0.6) is 69.0 Å². The second-order valence-electron chi connectivity index (χ2n) is 35.3. The van der Waals surface area contributed by atoms with E-state index in [9.17, 15) is 10.1 Å². The molecule has 1 saturated heterocycles. The van der Waals surface area contributed by atoms with Crippen molar-refractivity contribution in [2.45, 2.75) is 117 Å². The van der Waals surface area contributed by atoms with Crippen molar-refractivity contribution in [1.29, 1.82) is 0 Å². The summed E-state index contributed by atoms with van der Waals surface area (Å²) in [4.78, 5) is 81.5. The number of carbonyl (C=O) groups excluding carboxylic acids is 4. The maximum Gasteiger partial charge on any atom is 0.339 e. The third-order valence-electron chi connectivity index (χ3n) is 24.7. The molecule has 0 radical (unpaired) electrons. The van der Waals surface area contributed by atoms with Crippen molar-refractivity contribution in [2.24, 2.45) is 0 Å². The van der Waals surface area contributed by atoms with Crippen molar-refractivity contribution in [1.82, 2.24) is 0 Å². The molecular weight excluding hydrogens is 1900 g/mol. The number of nitro benzene ring substituents is 1. The molecule has 1 fully saturated rings. The van der Waals surface area contributed by atoms with Crippen LogP contribution in [0.2, 0.25) is 0 Å². The number of carbonyl (C=O) groups is 4. The molecule has 17 aromatic carbocycles. The highest BCUT2D eigenvalue weighted by molar-refractivity contribution is 6.09. The lowest BCUT2D eigenvalue weighted by atomic mass is 9.90. The average Bonchev–Trinajstić information content (AvgIpc) is 0.725. The van der Waals surface area contributed by atoms with Crippen molar-refractivity contribution in [3.8, 4) is 80.1 Å². The zero-order chi connectivity index (χ0) is 102. The molecule has 0 aromatic heterocycles. The molecule has 150 heavy (non-hydrogen) atoms. The Bertz CT molecular complexity index is 7260.